The van der Waals surface area contributed by atoms with Gasteiger partial charge in [0, 0.05) is 5.54 Å². The number of rotatable bonds is 5. The van der Waals surface area contributed by atoms with Gasteiger partial charge in [-0.3, -0.25) is 4.79 Å². The van der Waals surface area contributed by atoms with Crippen LogP contribution in [0.2, 0.25) is 0 Å². The Bertz CT molecular complexity index is 831. The number of amides is 1. The average Bonchev–Trinajstić information content (AvgIpc) is 2.73. The molecule has 0 heterocycles. The molecule has 4 nitrogen and oxygen atoms in total. The quantitative estimate of drug-likeness (QED) is 0.681. The molecular formula is C27H37N3O. The molecule has 1 unspecified atom stereocenters. The molecule has 6 rings (SSSR count). The third-order valence-electron chi connectivity index (χ3n) is 7.50. The lowest BCUT2D eigenvalue weighted by Crippen LogP contribution is -2.55. The Hall–Kier alpha value is -2.17. The molecule has 1 amide bonds. The summed E-state index contributed by atoms with van der Waals surface area (Å²) in [5, 5.41) is 3.04. The Balaban J connectivity index is 0.000000174. The molecule has 0 aromatic heterocycles. The fourth-order valence-electron chi connectivity index (χ4n) is 6.56. The smallest absolute Gasteiger partial charge is 0.234 e. The molecule has 1 atom stereocenters. The minimum atomic E-state index is -0.459. The van der Waals surface area contributed by atoms with Crippen molar-refractivity contribution in [2.75, 3.05) is 6.54 Å². The fourth-order valence-corrected chi connectivity index (χ4v) is 6.56. The van der Waals surface area contributed by atoms with Gasteiger partial charge < -0.3 is 16.8 Å². The zero-order valence-corrected chi connectivity index (χ0v) is 18.7. The number of carbonyl (C=O) groups excluding carboxylic acids is 1. The van der Waals surface area contributed by atoms with Gasteiger partial charge in [-0.05, 0) is 80.8 Å². The SMILES string of the molecule is CC(Cc1ccccc1)(NC(=O)CN)c1ccccc1.NC12CC3CC(CC(C3)C1)C2. The second-order valence-electron chi connectivity index (χ2n) is 10.4. The molecule has 4 aliphatic rings. The van der Waals surface area contributed by atoms with E-state index in [-0.39, 0.29) is 12.5 Å². The van der Waals surface area contributed by atoms with E-state index in [0.29, 0.717) is 5.54 Å². The van der Waals surface area contributed by atoms with E-state index < -0.39 is 5.54 Å². The third-order valence-corrected chi connectivity index (χ3v) is 7.50. The number of carbonyl (C=O) groups is 1. The first-order valence-corrected chi connectivity index (χ1v) is 11.8. The molecule has 0 spiro atoms. The molecule has 0 radical (unpaired) electrons. The molecule has 4 bridgehead atoms. The lowest BCUT2D eigenvalue weighted by molar-refractivity contribution is -0.121. The first-order valence-electron chi connectivity index (χ1n) is 11.8. The van der Waals surface area contributed by atoms with Crippen LogP contribution in [-0.4, -0.2) is 18.0 Å². The van der Waals surface area contributed by atoms with Gasteiger partial charge in [-0.2, -0.15) is 0 Å². The zero-order valence-electron chi connectivity index (χ0n) is 18.7. The number of benzene rings is 2. The second kappa shape index (κ2) is 9.13. The average molecular weight is 420 g/mol. The molecular weight excluding hydrogens is 382 g/mol. The van der Waals surface area contributed by atoms with E-state index in [4.69, 9.17) is 11.5 Å². The van der Waals surface area contributed by atoms with Crippen LogP contribution >= 0.6 is 0 Å². The van der Waals surface area contributed by atoms with Crippen LogP contribution in [0.25, 0.3) is 0 Å². The van der Waals surface area contributed by atoms with Crippen LogP contribution in [0.5, 0.6) is 0 Å². The van der Waals surface area contributed by atoms with E-state index in [1.165, 1.54) is 44.1 Å². The zero-order chi connectivity index (χ0) is 21.9. The molecule has 166 valence electrons. The van der Waals surface area contributed by atoms with Crippen molar-refractivity contribution in [2.24, 2.45) is 29.2 Å². The number of hydrogen-bond donors (Lipinski definition) is 3. The van der Waals surface area contributed by atoms with E-state index >= 15 is 0 Å². The summed E-state index contributed by atoms with van der Waals surface area (Å²) in [5.41, 5.74) is 13.9. The van der Waals surface area contributed by atoms with Gasteiger partial charge in [0.15, 0.2) is 0 Å². The summed E-state index contributed by atoms with van der Waals surface area (Å²) in [7, 11) is 0. The predicted molar refractivity (Wildman–Crippen MR) is 126 cm³/mol. The molecule has 2 aromatic rings. The summed E-state index contributed by atoms with van der Waals surface area (Å²) in [4.78, 5) is 11.8. The van der Waals surface area contributed by atoms with Gasteiger partial charge in [0.2, 0.25) is 5.91 Å². The highest BCUT2D eigenvalue weighted by Crippen LogP contribution is 2.54. The van der Waals surface area contributed by atoms with Gasteiger partial charge in [-0.1, -0.05) is 60.7 Å². The number of hydrogen-bond acceptors (Lipinski definition) is 3. The third kappa shape index (κ3) is 5.36. The number of nitrogens with two attached hydrogens (primary N) is 2. The maximum atomic E-state index is 11.8. The predicted octanol–water partition coefficient (Wildman–Crippen LogP) is 4.13. The van der Waals surface area contributed by atoms with Gasteiger partial charge in [0.25, 0.3) is 0 Å². The molecule has 4 fully saturated rings. The van der Waals surface area contributed by atoms with Gasteiger partial charge in [0.1, 0.15) is 0 Å². The Morgan fingerprint density at radius 2 is 1.42 bits per heavy atom. The number of nitrogens with one attached hydrogen (secondary N) is 1. The Labute approximate surface area is 186 Å². The molecule has 4 heteroatoms. The molecule has 5 N–H and O–H groups in total. The standard InChI is InChI=1S/C17H20N2O.C10H17N/c1-17(19-16(20)13-18,15-10-6-3-7-11-15)12-14-8-4-2-5-9-14;11-10-4-7-1-8(5-10)3-9(2-7)6-10/h2-11H,12-13,18H2,1H3,(H,19,20);7-9H,1-6,11H2. The van der Waals surface area contributed by atoms with Crippen molar-refractivity contribution in [2.45, 2.75) is 62.9 Å². The van der Waals surface area contributed by atoms with E-state index in [0.717, 1.165) is 29.7 Å². The maximum absolute atomic E-state index is 11.8. The first-order chi connectivity index (χ1) is 14.9. The van der Waals surface area contributed by atoms with E-state index in [2.05, 4.69) is 17.4 Å². The normalized spacial score (nSPS) is 30.1. The highest BCUT2D eigenvalue weighted by molar-refractivity contribution is 5.78. The summed E-state index contributed by atoms with van der Waals surface area (Å²) >= 11 is 0. The van der Waals surface area contributed by atoms with Crippen molar-refractivity contribution in [3.8, 4) is 0 Å². The van der Waals surface area contributed by atoms with Crippen molar-refractivity contribution < 1.29 is 4.79 Å². The Kier molecular flexibility index (Phi) is 6.49. The van der Waals surface area contributed by atoms with Crippen LogP contribution in [0.4, 0.5) is 0 Å². The minimum absolute atomic E-state index is 0.00276. The van der Waals surface area contributed by atoms with Gasteiger partial charge >= 0.3 is 0 Å². The first kappa shape index (κ1) is 22.0. The topological polar surface area (TPSA) is 81.1 Å². The monoisotopic (exact) mass is 419 g/mol. The highest BCUT2D eigenvalue weighted by Gasteiger charge is 2.48. The van der Waals surface area contributed by atoms with Crippen LogP contribution in [0, 0.1) is 17.8 Å². The summed E-state index contributed by atoms with van der Waals surface area (Å²) < 4.78 is 0. The van der Waals surface area contributed by atoms with E-state index in [1.807, 2.05) is 55.5 Å². The molecule has 0 saturated heterocycles. The van der Waals surface area contributed by atoms with Gasteiger partial charge in [0.05, 0.1) is 12.1 Å². The molecule has 2 aromatic carbocycles. The van der Waals surface area contributed by atoms with Crippen molar-refractivity contribution in [3.05, 3.63) is 71.8 Å². The highest BCUT2D eigenvalue weighted by atomic mass is 16.2. The van der Waals surface area contributed by atoms with Crippen molar-refractivity contribution in [3.63, 3.8) is 0 Å². The minimum Gasteiger partial charge on any atom is -0.345 e. The van der Waals surface area contributed by atoms with Crippen LogP contribution < -0.4 is 16.8 Å². The molecule has 0 aliphatic heterocycles. The van der Waals surface area contributed by atoms with Crippen LogP contribution in [0.1, 0.15) is 56.6 Å². The van der Waals surface area contributed by atoms with E-state index in [1.54, 1.807) is 0 Å². The van der Waals surface area contributed by atoms with Crippen LogP contribution in [0.15, 0.2) is 60.7 Å². The second-order valence-corrected chi connectivity index (χ2v) is 10.4. The van der Waals surface area contributed by atoms with Crippen molar-refractivity contribution >= 4 is 5.91 Å². The largest absolute Gasteiger partial charge is 0.345 e. The summed E-state index contributed by atoms with van der Waals surface area (Å²) in [6, 6.07) is 20.1. The summed E-state index contributed by atoms with van der Waals surface area (Å²) in [6.07, 6.45) is 9.30. The van der Waals surface area contributed by atoms with Crippen molar-refractivity contribution in [1.82, 2.24) is 5.32 Å². The fraction of sp³-hybridized carbons (Fsp3) is 0.519. The molecule has 31 heavy (non-hydrogen) atoms. The maximum Gasteiger partial charge on any atom is 0.234 e. The van der Waals surface area contributed by atoms with Gasteiger partial charge in [-0.25, -0.2) is 0 Å². The Morgan fingerprint density at radius 1 is 0.935 bits per heavy atom. The molecule has 4 saturated carbocycles. The molecule has 4 aliphatic carbocycles. The summed E-state index contributed by atoms with van der Waals surface area (Å²) in [6.45, 7) is 2.03. The van der Waals surface area contributed by atoms with E-state index in [9.17, 15) is 4.79 Å². The van der Waals surface area contributed by atoms with Crippen LogP contribution in [-0.2, 0) is 16.8 Å². The lowest BCUT2D eigenvalue weighted by atomic mass is 9.53. The lowest BCUT2D eigenvalue weighted by Gasteiger charge is -2.55. The Morgan fingerprint density at radius 3 is 1.87 bits per heavy atom. The van der Waals surface area contributed by atoms with Gasteiger partial charge in [-0.15, -0.1) is 0 Å². The van der Waals surface area contributed by atoms with Crippen molar-refractivity contribution in [1.29, 1.82) is 0 Å². The summed E-state index contributed by atoms with van der Waals surface area (Å²) in [5.74, 6) is 2.91. The van der Waals surface area contributed by atoms with Crippen LogP contribution in [0.3, 0.4) is 0 Å².